The number of benzene rings is 10. The standard InChI is InChI=1S/C56H35N3/c1-2-16-38(17-3-1)57-53-34-39(58-51-24-12-10-22-45(51)43-20-8-9-21-44(43)49-30-26-36-14-4-6-18-41(36)55(49)58)28-32-47(53)48-33-29-40(35-54(48)57)59-52-25-13-11-23-46(52)50-31-27-37-15-5-7-19-42(37)56(50)59/h1-35H. The van der Waals surface area contributed by atoms with Crippen LogP contribution in [0.3, 0.4) is 0 Å². The fraction of sp³-hybridized carbons (Fsp3) is 0. The van der Waals surface area contributed by atoms with E-state index < -0.39 is 0 Å². The maximum Gasteiger partial charge on any atom is 0.0619 e. The summed E-state index contributed by atoms with van der Waals surface area (Å²) in [5, 5.41) is 9.90. The lowest BCUT2D eigenvalue weighted by molar-refractivity contribution is 1.16. The first kappa shape index (κ1) is 32.2. The van der Waals surface area contributed by atoms with Gasteiger partial charge in [-0.1, -0.05) is 164 Å². The number of hydrogen-bond acceptors (Lipinski definition) is 1. The fourth-order valence-electron chi connectivity index (χ4n) is 10.1. The molecule has 0 saturated heterocycles. The Balaban J connectivity index is 1.12. The smallest absolute Gasteiger partial charge is 0.0619 e. The van der Waals surface area contributed by atoms with E-state index in [9.17, 15) is 0 Å². The van der Waals surface area contributed by atoms with E-state index in [0.29, 0.717) is 0 Å². The lowest BCUT2D eigenvalue weighted by atomic mass is 9.93. The molecule has 3 heteroatoms. The van der Waals surface area contributed by atoms with Crippen molar-refractivity contribution in [1.29, 1.82) is 0 Å². The Kier molecular flexibility index (Phi) is 6.72. The summed E-state index contributed by atoms with van der Waals surface area (Å²) < 4.78 is 4.94. The molecule has 0 saturated carbocycles. The molecule has 2 aromatic heterocycles. The Morgan fingerprint density at radius 1 is 0.271 bits per heavy atom. The molecule has 0 N–H and O–H groups in total. The molecule has 59 heavy (non-hydrogen) atoms. The second-order valence-corrected chi connectivity index (χ2v) is 15.7. The van der Waals surface area contributed by atoms with Crippen molar-refractivity contribution in [2.24, 2.45) is 0 Å². The van der Waals surface area contributed by atoms with Crippen molar-refractivity contribution < 1.29 is 0 Å². The fourth-order valence-corrected chi connectivity index (χ4v) is 10.1. The van der Waals surface area contributed by atoms with E-state index in [1.807, 2.05) is 0 Å². The van der Waals surface area contributed by atoms with Gasteiger partial charge in [-0.25, -0.2) is 0 Å². The monoisotopic (exact) mass is 749 g/mol. The third-order valence-corrected chi connectivity index (χ3v) is 12.6. The highest BCUT2D eigenvalue weighted by molar-refractivity contribution is 6.19. The molecule has 0 radical (unpaired) electrons. The van der Waals surface area contributed by atoms with Crippen LogP contribution in [0.1, 0.15) is 0 Å². The van der Waals surface area contributed by atoms with Crippen LogP contribution in [0.15, 0.2) is 212 Å². The predicted octanol–water partition coefficient (Wildman–Crippen LogP) is 15.3. The van der Waals surface area contributed by atoms with Crippen LogP contribution in [0, 0.1) is 0 Å². The van der Waals surface area contributed by atoms with Crippen LogP contribution in [0.2, 0.25) is 0 Å². The van der Waals surface area contributed by atoms with Crippen molar-refractivity contribution in [3.05, 3.63) is 212 Å². The zero-order valence-corrected chi connectivity index (χ0v) is 32.0. The topological polar surface area (TPSA) is 13.1 Å². The summed E-state index contributed by atoms with van der Waals surface area (Å²) in [6.07, 6.45) is 0. The number of anilines is 3. The van der Waals surface area contributed by atoms with Gasteiger partial charge in [0, 0.05) is 60.5 Å². The van der Waals surface area contributed by atoms with Crippen LogP contribution in [0.25, 0.3) is 98.8 Å². The van der Waals surface area contributed by atoms with Crippen molar-refractivity contribution >= 4 is 82.2 Å². The molecule has 0 aliphatic carbocycles. The third-order valence-electron chi connectivity index (χ3n) is 12.6. The van der Waals surface area contributed by atoms with Gasteiger partial charge in [0.2, 0.25) is 0 Å². The molecule has 1 aliphatic heterocycles. The lowest BCUT2D eigenvalue weighted by Gasteiger charge is -2.29. The summed E-state index contributed by atoms with van der Waals surface area (Å²) in [5.41, 5.74) is 15.4. The molecule has 0 atom stereocenters. The Morgan fingerprint density at radius 3 is 1.61 bits per heavy atom. The van der Waals surface area contributed by atoms with Crippen LogP contribution < -0.4 is 4.90 Å². The van der Waals surface area contributed by atoms with Gasteiger partial charge in [0.1, 0.15) is 0 Å². The van der Waals surface area contributed by atoms with Crippen LogP contribution in [-0.2, 0) is 0 Å². The second kappa shape index (κ2) is 12.3. The highest BCUT2D eigenvalue weighted by Gasteiger charge is 2.28. The maximum absolute atomic E-state index is 2.51. The summed E-state index contributed by atoms with van der Waals surface area (Å²) in [4.78, 5) is 2.51. The average Bonchev–Trinajstić information content (AvgIpc) is 3.78. The van der Waals surface area contributed by atoms with Crippen LogP contribution in [-0.4, -0.2) is 9.13 Å². The van der Waals surface area contributed by atoms with Crippen molar-refractivity contribution in [2.75, 3.05) is 4.90 Å². The summed E-state index contributed by atoms with van der Waals surface area (Å²) in [6, 6.07) is 78.2. The first-order valence-corrected chi connectivity index (χ1v) is 20.4. The van der Waals surface area contributed by atoms with E-state index >= 15 is 0 Å². The number of hydrogen-bond donors (Lipinski definition) is 0. The van der Waals surface area contributed by atoms with E-state index in [4.69, 9.17) is 0 Å². The third kappa shape index (κ3) is 4.58. The van der Waals surface area contributed by atoms with Gasteiger partial charge in [-0.05, 0) is 70.4 Å². The molecule has 0 unspecified atom stereocenters. The summed E-state index contributed by atoms with van der Waals surface area (Å²) in [7, 11) is 0. The van der Waals surface area contributed by atoms with Crippen molar-refractivity contribution in [3.8, 4) is 33.6 Å². The van der Waals surface area contributed by atoms with Crippen molar-refractivity contribution in [2.45, 2.75) is 0 Å². The minimum atomic E-state index is 1.12. The van der Waals surface area contributed by atoms with E-state index in [2.05, 4.69) is 226 Å². The number of para-hydroxylation sites is 3. The lowest BCUT2D eigenvalue weighted by Crippen LogP contribution is -2.11. The number of fused-ring (bicyclic) bond motifs is 15. The van der Waals surface area contributed by atoms with Gasteiger partial charge >= 0.3 is 0 Å². The Bertz CT molecular complexity index is 3680. The summed E-state index contributed by atoms with van der Waals surface area (Å²) in [5.74, 6) is 0. The van der Waals surface area contributed by atoms with Gasteiger partial charge in [0.05, 0.1) is 33.4 Å². The molecule has 0 fully saturated rings. The van der Waals surface area contributed by atoms with Gasteiger partial charge in [-0.3, -0.25) is 0 Å². The Morgan fingerprint density at radius 2 is 0.814 bits per heavy atom. The Labute approximate surface area is 340 Å². The van der Waals surface area contributed by atoms with E-state index in [1.165, 1.54) is 87.6 Å². The normalized spacial score (nSPS) is 12.4. The van der Waals surface area contributed by atoms with E-state index in [0.717, 1.165) is 28.3 Å². The van der Waals surface area contributed by atoms with Gasteiger partial charge in [0.25, 0.3) is 0 Å². The molecule has 0 spiro atoms. The van der Waals surface area contributed by atoms with Gasteiger partial charge in [-0.2, -0.15) is 0 Å². The SMILES string of the molecule is c1ccc(-n2c3cc(N4c5ccccc5-c5ccccc5-c5ccc6ccccc6c54)ccc3c3ccc(-n4c5ccccc5c5ccc6ccccc6c54)cc32)cc1. The summed E-state index contributed by atoms with van der Waals surface area (Å²) in [6.45, 7) is 0. The molecule has 10 aromatic carbocycles. The summed E-state index contributed by atoms with van der Waals surface area (Å²) >= 11 is 0. The zero-order valence-electron chi connectivity index (χ0n) is 32.0. The number of aromatic nitrogens is 2. The molecule has 0 amide bonds. The van der Waals surface area contributed by atoms with Gasteiger partial charge < -0.3 is 14.0 Å². The molecule has 0 bridgehead atoms. The minimum Gasteiger partial charge on any atom is -0.309 e. The average molecular weight is 750 g/mol. The number of rotatable bonds is 3. The van der Waals surface area contributed by atoms with Gasteiger partial charge in [-0.15, -0.1) is 0 Å². The minimum absolute atomic E-state index is 1.12. The molecule has 3 heterocycles. The van der Waals surface area contributed by atoms with Crippen molar-refractivity contribution in [3.63, 3.8) is 0 Å². The zero-order chi connectivity index (χ0) is 38.6. The first-order chi connectivity index (χ1) is 29.3. The number of nitrogens with zero attached hydrogens (tertiary/aromatic N) is 3. The molecular weight excluding hydrogens is 715 g/mol. The molecule has 274 valence electrons. The second-order valence-electron chi connectivity index (χ2n) is 15.7. The van der Waals surface area contributed by atoms with Crippen molar-refractivity contribution in [1.82, 2.24) is 9.13 Å². The molecule has 13 rings (SSSR count). The predicted molar refractivity (Wildman–Crippen MR) is 249 cm³/mol. The molecule has 3 nitrogen and oxygen atoms in total. The highest BCUT2D eigenvalue weighted by Crippen LogP contribution is 2.53. The highest BCUT2D eigenvalue weighted by atomic mass is 15.2. The van der Waals surface area contributed by atoms with E-state index in [1.54, 1.807) is 0 Å². The van der Waals surface area contributed by atoms with Crippen LogP contribution >= 0.6 is 0 Å². The first-order valence-electron chi connectivity index (χ1n) is 20.4. The Hall–Kier alpha value is -7.88. The largest absolute Gasteiger partial charge is 0.309 e. The van der Waals surface area contributed by atoms with Gasteiger partial charge in [0.15, 0.2) is 0 Å². The van der Waals surface area contributed by atoms with Crippen LogP contribution in [0.5, 0.6) is 0 Å². The van der Waals surface area contributed by atoms with E-state index in [-0.39, 0.29) is 0 Å². The maximum atomic E-state index is 2.51. The molecule has 1 aliphatic rings. The molecular formula is C56H35N3. The quantitative estimate of drug-likeness (QED) is 0.175. The molecule has 12 aromatic rings. The van der Waals surface area contributed by atoms with Crippen LogP contribution in [0.4, 0.5) is 17.1 Å².